The Morgan fingerprint density at radius 1 is 1.41 bits per heavy atom. The van der Waals surface area contributed by atoms with Gasteiger partial charge < -0.3 is 10.2 Å². The highest BCUT2D eigenvalue weighted by molar-refractivity contribution is 5.99. The number of aryl methyl sites for hydroxylation is 1. The van der Waals surface area contributed by atoms with E-state index in [0.29, 0.717) is 18.7 Å². The second-order valence-electron chi connectivity index (χ2n) is 5.39. The van der Waals surface area contributed by atoms with Crippen molar-refractivity contribution in [3.63, 3.8) is 0 Å². The topological polar surface area (TPSA) is 73.9 Å². The van der Waals surface area contributed by atoms with Crippen molar-refractivity contribution in [2.24, 2.45) is 7.05 Å². The summed E-state index contributed by atoms with van der Waals surface area (Å²) in [7, 11) is 1.84. The third-order valence-electron chi connectivity index (χ3n) is 3.84. The number of hydrogen-bond acceptors (Lipinski definition) is 4. The van der Waals surface area contributed by atoms with E-state index in [1.165, 1.54) is 0 Å². The molecule has 22 heavy (non-hydrogen) atoms. The maximum Gasteiger partial charge on any atom is 0.244 e. The maximum atomic E-state index is 12.4. The Morgan fingerprint density at radius 2 is 2.18 bits per heavy atom. The van der Waals surface area contributed by atoms with Crippen LogP contribution in [0.1, 0.15) is 17.5 Å². The van der Waals surface area contributed by atoms with Crippen LogP contribution in [0.4, 0.5) is 5.69 Å². The zero-order chi connectivity index (χ0) is 15.5. The predicted octanol–water partition coefficient (Wildman–Crippen LogP) is 1.19. The van der Waals surface area contributed by atoms with Crippen LogP contribution >= 0.6 is 0 Å². The summed E-state index contributed by atoms with van der Waals surface area (Å²) in [5.74, 6) is 0.0849. The van der Waals surface area contributed by atoms with Gasteiger partial charge in [-0.05, 0) is 24.1 Å². The molecule has 1 fully saturated rings. The van der Waals surface area contributed by atoms with Crippen LogP contribution in [0.3, 0.4) is 0 Å². The average molecular weight is 295 g/mol. The summed E-state index contributed by atoms with van der Waals surface area (Å²) in [6.45, 7) is 1.32. The molecular weight excluding hydrogens is 278 g/mol. The Balaban J connectivity index is 1.60. The van der Waals surface area contributed by atoms with E-state index in [-0.39, 0.29) is 11.9 Å². The first-order valence-electron chi connectivity index (χ1n) is 7.20. The van der Waals surface area contributed by atoms with Crippen molar-refractivity contribution in [3.8, 4) is 6.07 Å². The van der Waals surface area contributed by atoms with Crippen LogP contribution in [-0.2, 0) is 18.4 Å². The van der Waals surface area contributed by atoms with Gasteiger partial charge in [-0.25, -0.2) is 0 Å². The largest absolute Gasteiger partial charge is 0.308 e. The third kappa shape index (κ3) is 2.85. The molecule has 1 saturated heterocycles. The minimum absolute atomic E-state index is 0.0849. The molecule has 3 rings (SSSR count). The van der Waals surface area contributed by atoms with E-state index < -0.39 is 0 Å². The fourth-order valence-corrected chi connectivity index (χ4v) is 2.61. The van der Waals surface area contributed by atoms with Gasteiger partial charge in [-0.1, -0.05) is 12.1 Å². The van der Waals surface area contributed by atoms with Gasteiger partial charge in [0.25, 0.3) is 0 Å². The van der Waals surface area contributed by atoms with Crippen LogP contribution in [0.15, 0.2) is 36.7 Å². The summed E-state index contributed by atoms with van der Waals surface area (Å²) in [5, 5.41) is 16.2. The molecule has 1 N–H and O–H groups in total. The average Bonchev–Trinajstić information content (AvgIpc) is 3.12. The van der Waals surface area contributed by atoms with Crippen molar-refractivity contribution in [1.82, 2.24) is 15.1 Å². The number of nitrogens with zero attached hydrogens (tertiary/aromatic N) is 4. The van der Waals surface area contributed by atoms with Gasteiger partial charge in [0.1, 0.15) is 0 Å². The highest BCUT2D eigenvalue weighted by atomic mass is 16.2. The van der Waals surface area contributed by atoms with Gasteiger partial charge in [0.2, 0.25) is 5.91 Å². The molecule has 2 aromatic rings. The molecule has 1 amide bonds. The summed E-state index contributed by atoms with van der Waals surface area (Å²) < 4.78 is 1.69. The van der Waals surface area contributed by atoms with Crippen molar-refractivity contribution in [1.29, 1.82) is 5.26 Å². The van der Waals surface area contributed by atoms with E-state index in [1.807, 2.05) is 25.4 Å². The Kier molecular flexibility index (Phi) is 3.90. The first-order valence-corrected chi connectivity index (χ1v) is 7.20. The van der Waals surface area contributed by atoms with Gasteiger partial charge in [0, 0.05) is 26.3 Å². The minimum atomic E-state index is -0.171. The number of benzene rings is 1. The van der Waals surface area contributed by atoms with E-state index in [4.69, 9.17) is 5.26 Å². The molecule has 1 aliphatic rings. The minimum Gasteiger partial charge on any atom is -0.308 e. The molecule has 1 atom stereocenters. The lowest BCUT2D eigenvalue weighted by Gasteiger charge is -2.15. The van der Waals surface area contributed by atoms with Crippen LogP contribution in [0.2, 0.25) is 0 Å². The van der Waals surface area contributed by atoms with Gasteiger partial charge in [-0.15, -0.1) is 0 Å². The van der Waals surface area contributed by atoms with E-state index in [9.17, 15) is 4.79 Å². The van der Waals surface area contributed by atoms with Gasteiger partial charge in [0.15, 0.2) is 0 Å². The van der Waals surface area contributed by atoms with Gasteiger partial charge >= 0.3 is 0 Å². The summed E-state index contributed by atoms with van der Waals surface area (Å²) in [6.07, 6.45) is 4.34. The highest BCUT2D eigenvalue weighted by Gasteiger charge is 2.32. The predicted molar refractivity (Wildman–Crippen MR) is 82.0 cm³/mol. The second kappa shape index (κ2) is 6.00. The number of nitriles is 1. The molecule has 0 radical (unpaired) electrons. The number of anilines is 1. The standard InChI is InChI=1S/C16H17N5O/c1-20-11-14(10-19-20)21-7-6-15(16(21)22)18-9-13-4-2-12(8-17)3-5-13/h2-5,10-11,15,18H,6-7,9H2,1H3/t15-/m1/s1. The monoisotopic (exact) mass is 295 g/mol. The van der Waals surface area contributed by atoms with Crippen molar-refractivity contribution in [2.45, 2.75) is 19.0 Å². The number of aromatic nitrogens is 2. The smallest absolute Gasteiger partial charge is 0.244 e. The maximum absolute atomic E-state index is 12.4. The Labute approximate surface area is 129 Å². The molecule has 0 spiro atoms. The van der Waals surface area contributed by atoms with Crippen molar-refractivity contribution < 1.29 is 4.79 Å². The summed E-state index contributed by atoms with van der Waals surface area (Å²) in [6, 6.07) is 9.31. The molecule has 112 valence electrons. The molecule has 0 bridgehead atoms. The molecule has 1 aromatic carbocycles. The van der Waals surface area contributed by atoms with Crippen LogP contribution in [-0.4, -0.2) is 28.3 Å². The van der Waals surface area contributed by atoms with Gasteiger partial charge in [-0.3, -0.25) is 9.48 Å². The van der Waals surface area contributed by atoms with Gasteiger partial charge in [-0.2, -0.15) is 10.4 Å². The number of hydrogen-bond donors (Lipinski definition) is 1. The summed E-state index contributed by atoms with van der Waals surface area (Å²) in [4.78, 5) is 14.2. The quantitative estimate of drug-likeness (QED) is 0.919. The lowest BCUT2D eigenvalue weighted by Crippen LogP contribution is -2.37. The normalized spacial score (nSPS) is 17.7. The zero-order valence-corrected chi connectivity index (χ0v) is 12.4. The van der Waals surface area contributed by atoms with E-state index in [0.717, 1.165) is 17.7 Å². The Morgan fingerprint density at radius 3 is 2.82 bits per heavy atom. The number of carbonyl (C=O) groups is 1. The summed E-state index contributed by atoms with van der Waals surface area (Å²) >= 11 is 0. The second-order valence-corrected chi connectivity index (χ2v) is 5.39. The molecule has 6 nitrogen and oxygen atoms in total. The van der Waals surface area contributed by atoms with E-state index in [2.05, 4.69) is 16.5 Å². The van der Waals surface area contributed by atoms with Gasteiger partial charge in [0.05, 0.1) is 29.6 Å². The van der Waals surface area contributed by atoms with Crippen molar-refractivity contribution >= 4 is 11.6 Å². The van der Waals surface area contributed by atoms with Crippen molar-refractivity contribution in [2.75, 3.05) is 11.4 Å². The number of nitrogens with one attached hydrogen (secondary N) is 1. The number of rotatable bonds is 4. The molecule has 1 aliphatic heterocycles. The third-order valence-corrected chi connectivity index (χ3v) is 3.84. The molecule has 0 unspecified atom stereocenters. The molecular formula is C16H17N5O. The molecule has 0 aliphatic carbocycles. The Hall–Kier alpha value is -2.65. The first kappa shape index (κ1) is 14.3. The summed E-state index contributed by atoms with van der Waals surface area (Å²) in [5.41, 5.74) is 2.55. The SMILES string of the molecule is Cn1cc(N2CC[C@@H](NCc3ccc(C#N)cc3)C2=O)cn1. The molecule has 1 aromatic heterocycles. The number of amides is 1. The van der Waals surface area contributed by atoms with Crippen LogP contribution < -0.4 is 10.2 Å². The van der Waals surface area contributed by atoms with E-state index in [1.54, 1.807) is 27.9 Å². The van der Waals surface area contributed by atoms with Crippen LogP contribution in [0, 0.1) is 11.3 Å². The highest BCUT2D eigenvalue weighted by Crippen LogP contribution is 2.20. The lowest BCUT2D eigenvalue weighted by molar-refractivity contribution is -0.118. The lowest BCUT2D eigenvalue weighted by atomic mass is 10.1. The zero-order valence-electron chi connectivity index (χ0n) is 12.4. The van der Waals surface area contributed by atoms with E-state index >= 15 is 0 Å². The fourth-order valence-electron chi connectivity index (χ4n) is 2.61. The van der Waals surface area contributed by atoms with Crippen LogP contribution in [0.5, 0.6) is 0 Å². The first-order chi connectivity index (χ1) is 10.7. The molecule has 2 heterocycles. The van der Waals surface area contributed by atoms with Crippen LogP contribution in [0.25, 0.3) is 0 Å². The molecule has 0 saturated carbocycles. The Bertz CT molecular complexity index is 713. The molecule has 6 heteroatoms. The fraction of sp³-hybridized carbons (Fsp3) is 0.312. The van der Waals surface area contributed by atoms with Crippen molar-refractivity contribution in [3.05, 3.63) is 47.8 Å². The number of carbonyl (C=O) groups excluding carboxylic acids is 1.